The molecule has 1 N–H and O–H groups in total. The van der Waals surface area contributed by atoms with Crippen molar-refractivity contribution < 1.29 is 4.74 Å². The summed E-state index contributed by atoms with van der Waals surface area (Å²) in [6, 6.07) is 16.8. The van der Waals surface area contributed by atoms with Crippen molar-refractivity contribution in [3.8, 4) is 5.75 Å². The van der Waals surface area contributed by atoms with Gasteiger partial charge < -0.3 is 4.74 Å². The molecular weight excluding hydrogens is 356 g/mol. The van der Waals surface area contributed by atoms with Crippen LogP contribution in [-0.2, 0) is 6.42 Å². The van der Waals surface area contributed by atoms with E-state index in [1.165, 1.54) is 24.0 Å². The van der Waals surface area contributed by atoms with Crippen LogP contribution in [0.15, 0.2) is 66.3 Å². The van der Waals surface area contributed by atoms with Crippen molar-refractivity contribution in [3.63, 3.8) is 0 Å². The highest BCUT2D eigenvalue weighted by Crippen LogP contribution is 2.55. The van der Waals surface area contributed by atoms with E-state index in [1.807, 2.05) is 30.3 Å². The van der Waals surface area contributed by atoms with Gasteiger partial charge in [-0.1, -0.05) is 37.3 Å². The lowest BCUT2D eigenvalue weighted by atomic mass is 9.54. The number of hydrazone groups is 1. The first-order valence-corrected chi connectivity index (χ1v) is 10.8. The zero-order valence-electron chi connectivity index (χ0n) is 17.6. The Morgan fingerprint density at radius 3 is 2.79 bits per heavy atom. The van der Waals surface area contributed by atoms with Gasteiger partial charge in [0.1, 0.15) is 5.75 Å². The summed E-state index contributed by atoms with van der Waals surface area (Å²) in [4.78, 5) is 0. The van der Waals surface area contributed by atoms with Gasteiger partial charge in [-0.05, 0) is 85.3 Å². The molecule has 2 aliphatic carbocycles. The van der Waals surface area contributed by atoms with E-state index in [2.05, 4.69) is 54.5 Å². The van der Waals surface area contributed by atoms with Crippen LogP contribution in [0.4, 0.5) is 5.69 Å². The minimum absolute atomic E-state index is 0.0844. The monoisotopic (exact) mass is 388 g/mol. The molecule has 0 bridgehead atoms. The number of aryl methyl sites for hydroxylation is 1. The van der Waals surface area contributed by atoms with Crippen LogP contribution >= 0.6 is 0 Å². The minimum Gasteiger partial charge on any atom is -0.497 e. The highest BCUT2D eigenvalue weighted by atomic mass is 16.5. The first-order valence-electron chi connectivity index (χ1n) is 10.8. The number of allylic oxidation sites excluding steroid dienone is 1. The molecule has 0 unspecified atom stereocenters. The van der Waals surface area contributed by atoms with Gasteiger partial charge in [0.2, 0.25) is 0 Å². The maximum Gasteiger partial charge on any atom is 0.119 e. The molecule has 2 aromatic carbocycles. The number of nitrogens with zero attached hydrogens (tertiary/aromatic N) is 1. The molecule has 0 spiro atoms. The molecule has 1 saturated carbocycles. The van der Waals surface area contributed by atoms with Gasteiger partial charge in [0.05, 0.1) is 12.8 Å². The molecule has 1 fully saturated rings. The SMILES string of the molecule is C=CC[C@H]1[C@@H]2CCc3cc(OC)ccc3[C@H]2CC[C@]1(C)/C=N/Nc1ccccc1. The van der Waals surface area contributed by atoms with Crippen molar-refractivity contribution in [1.29, 1.82) is 0 Å². The van der Waals surface area contributed by atoms with E-state index >= 15 is 0 Å². The Morgan fingerprint density at radius 2 is 2.03 bits per heavy atom. The molecule has 29 heavy (non-hydrogen) atoms. The number of methoxy groups -OCH3 is 1. The Hall–Kier alpha value is -2.55. The highest BCUT2D eigenvalue weighted by molar-refractivity contribution is 5.67. The van der Waals surface area contributed by atoms with Gasteiger partial charge in [-0.25, -0.2) is 0 Å². The largest absolute Gasteiger partial charge is 0.497 e. The fourth-order valence-electron chi connectivity index (χ4n) is 5.58. The molecule has 152 valence electrons. The highest BCUT2D eigenvalue weighted by Gasteiger charge is 2.47. The Labute approximate surface area is 174 Å². The summed E-state index contributed by atoms with van der Waals surface area (Å²) in [7, 11) is 1.75. The number of para-hydroxylation sites is 1. The molecule has 2 aliphatic rings. The van der Waals surface area contributed by atoms with Crippen LogP contribution < -0.4 is 10.2 Å². The smallest absolute Gasteiger partial charge is 0.119 e. The van der Waals surface area contributed by atoms with Crippen molar-refractivity contribution in [3.05, 3.63) is 72.3 Å². The molecule has 0 amide bonds. The molecular formula is C26H32N2O. The molecule has 0 aromatic heterocycles. The van der Waals surface area contributed by atoms with Gasteiger partial charge >= 0.3 is 0 Å². The average molecular weight is 389 g/mol. The lowest BCUT2D eigenvalue weighted by Gasteiger charge is -2.50. The number of ether oxygens (including phenoxy) is 1. The van der Waals surface area contributed by atoms with E-state index in [4.69, 9.17) is 4.74 Å². The van der Waals surface area contributed by atoms with Crippen molar-refractivity contribution in [2.75, 3.05) is 12.5 Å². The zero-order chi connectivity index (χ0) is 20.3. The van der Waals surface area contributed by atoms with Gasteiger partial charge in [-0.2, -0.15) is 5.10 Å². The fourth-order valence-corrected chi connectivity index (χ4v) is 5.58. The molecule has 0 heterocycles. The summed E-state index contributed by atoms with van der Waals surface area (Å²) in [6.45, 7) is 6.46. The van der Waals surface area contributed by atoms with Crippen molar-refractivity contribution in [1.82, 2.24) is 0 Å². The van der Waals surface area contributed by atoms with Crippen LogP contribution in [0.2, 0.25) is 0 Å². The van der Waals surface area contributed by atoms with E-state index in [9.17, 15) is 0 Å². The van der Waals surface area contributed by atoms with Crippen LogP contribution in [0.25, 0.3) is 0 Å². The van der Waals surface area contributed by atoms with Crippen LogP contribution in [0.3, 0.4) is 0 Å². The summed E-state index contributed by atoms with van der Waals surface area (Å²) in [5.74, 6) is 2.86. The van der Waals surface area contributed by atoms with Gasteiger partial charge in [0.25, 0.3) is 0 Å². The molecule has 3 heteroatoms. The number of hydrogen-bond donors (Lipinski definition) is 1. The predicted molar refractivity (Wildman–Crippen MR) is 122 cm³/mol. The summed E-state index contributed by atoms with van der Waals surface area (Å²) >= 11 is 0. The van der Waals surface area contributed by atoms with E-state index in [-0.39, 0.29) is 5.41 Å². The molecule has 3 nitrogen and oxygen atoms in total. The lowest BCUT2D eigenvalue weighted by Crippen LogP contribution is -2.43. The second kappa shape index (κ2) is 8.44. The number of anilines is 1. The third kappa shape index (κ3) is 3.96. The van der Waals surface area contributed by atoms with Crippen molar-refractivity contribution in [2.24, 2.45) is 22.4 Å². The Morgan fingerprint density at radius 1 is 1.21 bits per heavy atom. The van der Waals surface area contributed by atoms with Gasteiger partial charge in [0, 0.05) is 11.6 Å². The summed E-state index contributed by atoms with van der Waals surface area (Å²) in [5, 5.41) is 4.65. The summed E-state index contributed by atoms with van der Waals surface area (Å²) < 4.78 is 5.45. The maximum atomic E-state index is 5.45. The van der Waals surface area contributed by atoms with Crippen molar-refractivity contribution >= 4 is 11.9 Å². The minimum atomic E-state index is 0.0844. The number of nitrogens with one attached hydrogen (secondary N) is 1. The van der Waals surface area contributed by atoms with E-state index in [0.29, 0.717) is 17.8 Å². The number of rotatable bonds is 6. The summed E-state index contributed by atoms with van der Waals surface area (Å²) in [5.41, 5.74) is 7.34. The van der Waals surface area contributed by atoms with Crippen LogP contribution in [0, 0.1) is 17.3 Å². The van der Waals surface area contributed by atoms with E-state index in [1.54, 1.807) is 7.11 Å². The number of hydrogen-bond acceptors (Lipinski definition) is 3. The molecule has 4 rings (SSSR count). The second-order valence-electron chi connectivity index (χ2n) is 8.79. The first-order chi connectivity index (χ1) is 14.1. The van der Waals surface area contributed by atoms with Gasteiger partial charge in [0.15, 0.2) is 0 Å². The number of fused-ring (bicyclic) bond motifs is 3. The first kappa shape index (κ1) is 19.8. The van der Waals surface area contributed by atoms with E-state index < -0.39 is 0 Å². The van der Waals surface area contributed by atoms with Crippen LogP contribution in [0.1, 0.15) is 49.7 Å². The maximum absolute atomic E-state index is 5.45. The zero-order valence-corrected chi connectivity index (χ0v) is 17.6. The van der Waals surface area contributed by atoms with Gasteiger partial charge in [-0.15, -0.1) is 6.58 Å². The lowest BCUT2D eigenvalue weighted by molar-refractivity contribution is 0.0884. The molecule has 0 radical (unpaired) electrons. The van der Waals surface area contributed by atoms with E-state index in [0.717, 1.165) is 30.7 Å². The topological polar surface area (TPSA) is 33.6 Å². The molecule has 4 atom stereocenters. The third-order valence-corrected chi connectivity index (χ3v) is 7.12. The predicted octanol–water partition coefficient (Wildman–Crippen LogP) is 6.43. The standard InChI is InChI=1S/C26H32N2O/c1-4-8-25-24-13-11-19-17-21(29-3)12-14-22(19)23(24)15-16-26(25,2)18-27-28-20-9-6-5-7-10-20/h4-7,9-10,12,14,17-18,23-25,28H,1,8,11,13,15-16H2,2-3H3/b27-18+/t23-,24-,25+,26-/m1/s1. The Balaban J connectivity index is 1.56. The Kier molecular flexibility index (Phi) is 5.75. The second-order valence-corrected chi connectivity index (χ2v) is 8.79. The van der Waals surface area contributed by atoms with Crippen LogP contribution in [0.5, 0.6) is 5.75 Å². The Bertz CT molecular complexity index is 876. The summed E-state index contributed by atoms with van der Waals surface area (Å²) in [6.07, 6.45) is 10.1. The normalized spacial score (nSPS) is 28.4. The molecule has 0 aliphatic heterocycles. The average Bonchev–Trinajstić information content (AvgIpc) is 2.76. The third-order valence-electron chi connectivity index (χ3n) is 7.12. The molecule has 0 saturated heterocycles. The van der Waals surface area contributed by atoms with Crippen molar-refractivity contribution in [2.45, 2.75) is 44.9 Å². The fraction of sp³-hybridized carbons (Fsp3) is 0.423. The van der Waals surface area contributed by atoms with Gasteiger partial charge in [-0.3, -0.25) is 5.43 Å². The quantitative estimate of drug-likeness (QED) is 0.351. The number of benzene rings is 2. The molecule has 2 aromatic rings. The van der Waals surface area contributed by atoms with Crippen LogP contribution in [-0.4, -0.2) is 13.3 Å².